The van der Waals surface area contributed by atoms with Crippen molar-refractivity contribution in [2.75, 3.05) is 5.32 Å². The topological polar surface area (TPSA) is 54.9 Å². The van der Waals surface area contributed by atoms with Gasteiger partial charge in [0.1, 0.15) is 10.2 Å². The molecule has 23 heavy (non-hydrogen) atoms. The van der Waals surface area contributed by atoms with E-state index in [2.05, 4.69) is 15.5 Å². The third kappa shape index (κ3) is 3.63. The number of anilines is 1. The Kier molecular flexibility index (Phi) is 4.57. The number of alkyl halides is 2. The van der Waals surface area contributed by atoms with E-state index in [1.165, 1.54) is 35.2 Å². The Balaban J connectivity index is 1.56. The molecule has 0 bridgehead atoms. The van der Waals surface area contributed by atoms with Crippen molar-refractivity contribution in [2.24, 2.45) is 5.41 Å². The average molecular weight is 392 g/mol. The first kappa shape index (κ1) is 17.0. The summed E-state index contributed by atoms with van der Waals surface area (Å²) >= 11 is 14.7. The molecule has 1 amide bonds. The van der Waals surface area contributed by atoms with Crippen molar-refractivity contribution in [2.45, 2.75) is 27.8 Å². The third-order valence-electron chi connectivity index (χ3n) is 3.66. The van der Waals surface area contributed by atoms with Crippen LogP contribution in [0.25, 0.3) is 0 Å². The Bertz CT molecular complexity index is 738. The fourth-order valence-corrected chi connectivity index (χ4v) is 4.33. The van der Waals surface area contributed by atoms with Gasteiger partial charge < -0.3 is 0 Å². The molecule has 1 heterocycles. The zero-order valence-electron chi connectivity index (χ0n) is 12.0. The van der Waals surface area contributed by atoms with Crippen LogP contribution in [0.3, 0.4) is 0 Å². The first-order chi connectivity index (χ1) is 10.8. The van der Waals surface area contributed by atoms with E-state index in [1.54, 1.807) is 19.1 Å². The number of thioether (sulfide) groups is 1. The molecule has 122 valence electrons. The lowest BCUT2D eigenvalue weighted by Crippen LogP contribution is -2.25. The van der Waals surface area contributed by atoms with Gasteiger partial charge in [-0.1, -0.05) is 35.2 Å². The van der Waals surface area contributed by atoms with Gasteiger partial charge in [0.15, 0.2) is 4.34 Å². The highest BCUT2D eigenvalue weighted by atomic mass is 35.5. The summed E-state index contributed by atoms with van der Waals surface area (Å²) in [6, 6.07) is 6.28. The monoisotopic (exact) mass is 391 g/mol. The van der Waals surface area contributed by atoms with Gasteiger partial charge in [-0.05, 0) is 31.0 Å². The fourth-order valence-electron chi connectivity index (χ4n) is 1.93. The van der Waals surface area contributed by atoms with Crippen molar-refractivity contribution in [3.63, 3.8) is 0 Å². The Labute approximate surface area is 150 Å². The minimum atomic E-state index is -1.01. The van der Waals surface area contributed by atoms with Crippen molar-refractivity contribution in [3.8, 4) is 0 Å². The zero-order chi connectivity index (χ0) is 16.7. The molecule has 3 rings (SSSR count). The highest BCUT2D eigenvalue weighted by Crippen LogP contribution is 2.64. The van der Waals surface area contributed by atoms with E-state index in [0.717, 1.165) is 5.56 Å². The fraction of sp³-hybridized carbons (Fsp3) is 0.357. The third-order valence-corrected chi connectivity index (χ3v) is 6.81. The van der Waals surface area contributed by atoms with Gasteiger partial charge in [-0.15, -0.1) is 33.4 Å². The Hall–Kier alpha value is -0.890. The highest BCUT2D eigenvalue weighted by Gasteiger charge is 2.68. The maximum Gasteiger partial charge on any atom is 0.235 e. The van der Waals surface area contributed by atoms with E-state index in [4.69, 9.17) is 23.2 Å². The molecule has 4 nitrogen and oxygen atoms in total. The quantitative estimate of drug-likeness (QED) is 0.463. The van der Waals surface area contributed by atoms with Crippen LogP contribution in [0.15, 0.2) is 28.6 Å². The molecule has 1 fully saturated rings. The molecule has 2 aromatic rings. The van der Waals surface area contributed by atoms with Crippen LogP contribution in [0.4, 0.5) is 9.52 Å². The van der Waals surface area contributed by atoms with Gasteiger partial charge in [-0.2, -0.15) is 0 Å². The summed E-state index contributed by atoms with van der Waals surface area (Å²) in [5.41, 5.74) is 0.195. The lowest BCUT2D eigenvalue weighted by atomic mass is 10.1. The molecule has 0 unspecified atom stereocenters. The number of carbonyl (C=O) groups excluding carboxylic acids is 1. The van der Waals surface area contributed by atoms with Gasteiger partial charge in [0.05, 0.1) is 5.41 Å². The minimum Gasteiger partial charge on any atom is -0.300 e. The molecule has 0 saturated heterocycles. The Morgan fingerprint density at radius 1 is 1.39 bits per heavy atom. The van der Waals surface area contributed by atoms with Crippen molar-refractivity contribution in [3.05, 3.63) is 35.6 Å². The largest absolute Gasteiger partial charge is 0.300 e. The summed E-state index contributed by atoms with van der Waals surface area (Å²) in [7, 11) is 0. The number of rotatable bonds is 5. The van der Waals surface area contributed by atoms with Crippen LogP contribution in [-0.4, -0.2) is 20.4 Å². The molecule has 1 aromatic heterocycles. The summed E-state index contributed by atoms with van der Waals surface area (Å²) in [6.07, 6.45) is 0.417. The predicted molar refractivity (Wildman–Crippen MR) is 91.7 cm³/mol. The van der Waals surface area contributed by atoms with E-state index < -0.39 is 9.75 Å². The van der Waals surface area contributed by atoms with Crippen molar-refractivity contribution >= 4 is 57.3 Å². The first-order valence-electron chi connectivity index (χ1n) is 6.70. The molecular weight excluding hydrogens is 380 g/mol. The molecule has 1 N–H and O–H groups in total. The van der Waals surface area contributed by atoms with Gasteiger partial charge in [-0.3, -0.25) is 10.1 Å². The van der Waals surface area contributed by atoms with Crippen molar-refractivity contribution in [1.29, 1.82) is 0 Å². The second-order valence-electron chi connectivity index (χ2n) is 5.46. The van der Waals surface area contributed by atoms with Crippen LogP contribution in [0, 0.1) is 11.2 Å². The summed E-state index contributed by atoms with van der Waals surface area (Å²) in [4.78, 5) is 12.1. The molecule has 1 aliphatic rings. The molecule has 0 spiro atoms. The molecule has 1 aromatic carbocycles. The predicted octanol–water partition coefficient (Wildman–Crippen LogP) is 4.49. The van der Waals surface area contributed by atoms with Crippen LogP contribution >= 0.6 is 46.3 Å². The number of nitrogens with one attached hydrogen (secondary N) is 1. The van der Waals surface area contributed by atoms with Gasteiger partial charge >= 0.3 is 0 Å². The minimum absolute atomic E-state index is 0.256. The SMILES string of the molecule is C[C@]1(C(=O)Nc2nnc(SCc3ccc(F)cc3)s2)CC1(Cl)Cl. The molecule has 1 aliphatic carbocycles. The number of carbonyl (C=O) groups is 1. The van der Waals surface area contributed by atoms with Gasteiger partial charge in [-0.25, -0.2) is 4.39 Å². The van der Waals surface area contributed by atoms with Gasteiger partial charge in [0.25, 0.3) is 0 Å². The number of hydrogen-bond donors (Lipinski definition) is 1. The van der Waals surface area contributed by atoms with Gasteiger partial charge in [0.2, 0.25) is 11.0 Å². The molecule has 1 saturated carbocycles. The number of nitrogens with zero attached hydrogens (tertiary/aromatic N) is 2. The van der Waals surface area contributed by atoms with Crippen LogP contribution < -0.4 is 5.32 Å². The number of amides is 1. The van der Waals surface area contributed by atoms with Crippen LogP contribution in [0.5, 0.6) is 0 Å². The second kappa shape index (κ2) is 6.20. The molecule has 9 heteroatoms. The Morgan fingerprint density at radius 2 is 2.04 bits per heavy atom. The number of benzene rings is 1. The van der Waals surface area contributed by atoms with E-state index in [1.807, 2.05) is 0 Å². The van der Waals surface area contributed by atoms with Crippen LogP contribution in [0.1, 0.15) is 18.9 Å². The molecule has 0 radical (unpaired) electrons. The van der Waals surface area contributed by atoms with Crippen molar-refractivity contribution in [1.82, 2.24) is 10.2 Å². The zero-order valence-corrected chi connectivity index (χ0v) is 15.1. The van der Waals surface area contributed by atoms with Gasteiger partial charge in [0, 0.05) is 5.75 Å². The van der Waals surface area contributed by atoms with Crippen LogP contribution in [0.2, 0.25) is 0 Å². The summed E-state index contributed by atoms with van der Waals surface area (Å²) < 4.78 is 12.5. The summed E-state index contributed by atoms with van der Waals surface area (Å²) in [5, 5.41) is 11.1. The molecule has 1 atom stereocenters. The molecule has 0 aliphatic heterocycles. The van der Waals surface area contributed by atoms with E-state index in [-0.39, 0.29) is 11.7 Å². The maximum absolute atomic E-state index is 12.8. The smallest absolute Gasteiger partial charge is 0.235 e. The lowest BCUT2D eigenvalue weighted by molar-refractivity contribution is -0.120. The van der Waals surface area contributed by atoms with Crippen LogP contribution in [-0.2, 0) is 10.5 Å². The lowest BCUT2D eigenvalue weighted by Gasteiger charge is -2.09. The summed E-state index contributed by atoms with van der Waals surface area (Å²) in [6.45, 7) is 1.72. The number of halogens is 3. The maximum atomic E-state index is 12.8. The van der Waals surface area contributed by atoms with E-state index in [0.29, 0.717) is 21.6 Å². The van der Waals surface area contributed by atoms with E-state index >= 15 is 0 Å². The average Bonchev–Trinajstić information content (AvgIpc) is 2.84. The Morgan fingerprint density at radius 3 is 2.65 bits per heavy atom. The summed E-state index contributed by atoms with van der Waals surface area (Å²) in [5.74, 6) is 0.129. The standard InChI is InChI=1S/C14H12Cl2FN3OS2/c1-13(7-14(13,15)16)10(21)18-11-19-20-12(23-11)22-6-8-2-4-9(17)5-3-8/h2-5H,6-7H2,1H3,(H,18,19,21)/t13-/m1/s1. The highest BCUT2D eigenvalue weighted by molar-refractivity contribution is 8.00. The van der Waals surface area contributed by atoms with E-state index in [9.17, 15) is 9.18 Å². The normalized spacial score (nSPS) is 21.9. The molecular formula is C14H12Cl2FN3OS2. The van der Waals surface area contributed by atoms with Crippen molar-refractivity contribution < 1.29 is 9.18 Å². The second-order valence-corrected chi connectivity index (χ2v) is 9.14. The first-order valence-corrected chi connectivity index (χ1v) is 9.26. The number of hydrogen-bond acceptors (Lipinski definition) is 5. The number of aromatic nitrogens is 2.